The Hall–Kier alpha value is -1.86. The quantitative estimate of drug-likeness (QED) is 0.820. The molecule has 0 unspecified atom stereocenters. The minimum atomic E-state index is -0.229. The van der Waals surface area contributed by atoms with Crippen molar-refractivity contribution in [2.24, 2.45) is 0 Å². The zero-order valence-corrected chi connectivity index (χ0v) is 10.8. The van der Waals surface area contributed by atoms with Gasteiger partial charge in [-0.15, -0.1) is 0 Å². The Kier molecular flexibility index (Phi) is 3.63. The molecule has 1 aromatic carbocycles. The van der Waals surface area contributed by atoms with E-state index >= 15 is 0 Å². The molecule has 96 valence electrons. The highest BCUT2D eigenvalue weighted by Gasteiger charge is 2.13. The third kappa shape index (κ3) is 2.09. The Bertz CT molecular complexity index is 606. The molecule has 0 aliphatic carbocycles. The predicted molar refractivity (Wildman–Crippen MR) is 67.8 cm³/mol. The van der Waals surface area contributed by atoms with Crippen molar-refractivity contribution in [1.29, 1.82) is 0 Å². The second-order valence-electron chi connectivity index (χ2n) is 3.48. The van der Waals surface area contributed by atoms with Crippen LogP contribution in [0.2, 0.25) is 0 Å². The number of hydrogen-bond acceptors (Lipinski definition) is 5. The van der Waals surface area contributed by atoms with Crippen molar-refractivity contribution in [3.63, 3.8) is 0 Å². The predicted octanol–water partition coefficient (Wildman–Crippen LogP) is 1.44. The molecule has 0 spiro atoms. The fourth-order valence-electron chi connectivity index (χ4n) is 1.66. The van der Waals surface area contributed by atoms with Gasteiger partial charge in [-0.2, -0.15) is 5.10 Å². The van der Waals surface area contributed by atoms with Crippen LogP contribution in [0.4, 0.5) is 0 Å². The van der Waals surface area contributed by atoms with E-state index in [1.54, 1.807) is 37.0 Å². The lowest BCUT2D eigenvalue weighted by atomic mass is 10.2. The maximum absolute atomic E-state index is 9.26. The van der Waals surface area contributed by atoms with Gasteiger partial charge >= 0.3 is 0 Å². The van der Waals surface area contributed by atoms with E-state index in [0.29, 0.717) is 27.8 Å². The molecule has 1 heterocycles. The lowest BCUT2D eigenvalue weighted by Crippen LogP contribution is -2.04. The highest BCUT2D eigenvalue weighted by molar-refractivity contribution is 7.71. The average Bonchev–Trinajstić information content (AvgIpc) is 2.78. The summed E-state index contributed by atoms with van der Waals surface area (Å²) in [5.41, 5.74) is 0.666. The van der Waals surface area contributed by atoms with E-state index in [4.69, 9.17) is 21.7 Å². The van der Waals surface area contributed by atoms with E-state index in [-0.39, 0.29) is 6.61 Å². The van der Waals surface area contributed by atoms with E-state index in [1.807, 2.05) is 0 Å². The van der Waals surface area contributed by atoms with E-state index in [9.17, 15) is 5.11 Å². The molecule has 0 fully saturated rings. The standard InChI is InChI=1S/C11H13N3O3S/c1-16-7-3-4-9(17-2)8(5-7)14-10(6-15)12-13-11(14)18/h3-5,15H,6H2,1-2H3,(H,13,18). The summed E-state index contributed by atoms with van der Waals surface area (Å²) in [6, 6.07) is 5.32. The molecule has 0 aliphatic heterocycles. The van der Waals surface area contributed by atoms with Gasteiger partial charge in [0.05, 0.1) is 19.9 Å². The molecule has 7 heteroatoms. The molecule has 6 nitrogen and oxygen atoms in total. The van der Waals surface area contributed by atoms with Gasteiger partial charge in [0, 0.05) is 6.07 Å². The van der Waals surface area contributed by atoms with Crippen LogP contribution in [-0.2, 0) is 6.61 Å². The smallest absolute Gasteiger partial charge is 0.200 e. The van der Waals surface area contributed by atoms with Crippen LogP contribution in [-0.4, -0.2) is 34.1 Å². The molecule has 1 aromatic heterocycles. The third-order valence-electron chi connectivity index (χ3n) is 2.51. The van der Waals surface area contributed by atoms with Crippen LogP contribution in [0.15, 0.2) is 18.2 Å². The summed E-state index contributed by atoms with van der Waals surface area (Å²) in [5, 5.41) is 15.8. The number of aliphatic hydroxyl groups excluding tert-OH is 1. The first-order chi connectivity index (χ1) is 8.71. The van der Waals surface area contributed by atoms with Crippen LogP contribution < -0.4 is 9.47 Å². The van der Waals surface area contributed by atoms with Crippen LogP contribution in [0.25, 0.3) is 5.69 Å². The minimum Gasteiger partial charge on any atom is -0.497 e. The Morgan fingerprint density at radius 1 is 1.39 bits per heavy atom. The van der Waals surface area contributed by atoms with E-state index in [0.717, 1.165) is 0 Å². The van der Waals surface area contributed by atoms with Crippen molar-refractivity contribution in [1.82, 2.24) is 14.8 Å². The van der Waals surface area contributed by atoms with Crippen molar-refractivity contribution in [2.45, 2.75) is 6.61 Å². The zero-order valence-electron chi connectivity index (χ0n) is 10.0. The van der Waals surface area contributed by atoms with Crippen LogP contribution in [0.1, 0.15) is 5.82 Å². The monoisotopic (exact) mass is 267 g/mol. The molecule has 18 heavy (non-hydrogen) atoms. The summed E-state index contributed by atoms with van der Waals surface area (Å²) in [7, 11) is 3.14. The van der Waals surface area contributed by atoms with Gasteiger partial charge in [-0.3, -0.25) is 9.67 Å². The molecule has 0 radical (unpaired) electrons. The molecule has 0 aliphatic rings. The number of aromatic amines is 1. The Balaban J connectivity index is 2.68. The number of nitrogens with zero attached hydrogens (tertiary/aromatic N) is 2. The van der Waals surface area contributed by atoms with Crippen LogP contribution in [0.3, 0.4) is 0 Å². The van der Waals surface area contributed by atoms with Crippen LogP contribution in [0, 0.1) is 4.77 Å². The number of ether oxygens (including phenoxy) is 2. The number of rotatable bonds is 4. The van der Waals surface area contributed by atoms with Gasteiger partial charge in [-0.1, -0.05) is 0 Å². The second-order valence-corrected chi connectivity index (χ2v) is 3.86. The number of hydrogen-bond donors (Lipinski definition) is 2. The molecule has 0 bridgehead atoms. The van der Waals surface area contributed by atoms with Crippen molar-refractivity contribution in [3.8, 4) is 17.2 Å². The normalized spacial score (nSPS) is 10.4. The molecule has 2 rings (SSSR count). The molecule has 2 aromatic rings. The maximum Gasteiger partial charge on any atom is 0.200 e. The van der Waals surface area contributed by atoms with Gasteiger partial charge in [0.1, 0.15) is 18.1 Å². The molecule has 0 amide bonds. The first-order valence-electron chi connectivity index (χ1n) is 5.20. The average molecular weight is 267 g/mol. The molecular formula is C11H13N3O3S. The number of aliphatic hydroxyl groups is 1. The Morgan fingerprint density at radius 3 is 2.78 bits per heavy atom. The number of nitrogens with one attached hydrogen (secondary N) is 1. The SMILES string of the molecule is COc1ccc(OC)c(-n2c(CO)n[nH]c2=S)c1. The molecule has 0 saturated carbocycles. The maximum atomic E-state index is 9.26. The number of H-pyrrole nitrogens is 1. The van der Waals surface area contributed by atoms with Gasteiger partial charge in [0.2, 0.25) is 0 Å². The highest BCUT2D eigenvalue weighted by atomic mass is 32.1. The highest BCUT2D eigenvalue weighted by Crippen LogP contribution is 2.28. The summed E-state index contributed by atoms with van der Waals surface area (Å²) < 4.78 is 12.4. The third-order valence-corrected chi connectivity index (χ3v) is 2.78. The summed E-state index contributed by atoms with van der Waals surface area (Å²) in [6.45, 7) is -0.229. The molecule has 2 N–H and O–H groups in total. The number of methoxy groups -OCH3 is 2. The van der Waals surface area contributed by atoms with Crippen LogP contribution in [0.5, 0.6) is 11.5 Å². The Labute approximate surface area is 109 Å². The van der Waals surface area contributed by atoms with Gasteiger partial charge in [-0.05, 0) is 24.4 Å². The second kappa shape index (κ2) is 5.19. The van der Waals surface area contributed by atoms with Crippen molar-refractivity contribution in [2.75, 3.05) is 14.2 Å². The summed E-state index contributed by atoms with van der Waals surface area (Å²) in [4.78, 5) is 0. The minimum absolute atomic E-state index is 0.229. The molecular weight excluding hydrogens is 254 g/mol. The van der Waals surface area contributed by atoms with Crippen molar-refractivity contribution >= 4 is 12.2 Å². The van der Waals surface area contributed by atoms with E-state index in [2.05, 4.69) is 10.2 Å². The fourth-order valence-corrected chi connectivity index (χ4v) is 1.90. The van der Waals surface area contributed by atoms with Gasteiger partial charge in [0.25, 0.3) is 0 Å². The summed E-state index contributed by atoms with van der Waals surface area (Å²) in [6.07, 6.45) is 0. The van der Waals surface area contributed by atoms with Gasteiger partial charge in [-0.25, -0.2) is 0 Å². The largest absolute Gasteiger partial charge is 0.497 e. The lowest BCUT2D eigenvalue weighted by Gasteiger charge is -2.12. The van der Waals surface area contributed by atoms with Gasteiger partial charge in [0.15, 0.2) is 10.6 Å². The summed E-state index contributed by atoms with van der Waals surface area (Å²) in [5.74, 6) is 1.69. The van der Waals surface area contributed by atoms with Crippen LogP contribution >= 0.6 is 12.2 Å². The van der Waals surface area contributed by atoms with Crippen molar-refractivity contribution in [3.05, 3.63) is 28.8 Å². The lowest BCUT2D eigenvalue weighted by molar-refractivity contribution is 0.268. The molecule has 0 saturated heterocycles. The van der Waals surface area contributed by atoms with Gasteiger partial charge < -0.3 is 14.6 Å². The first-order valence-corrected chi connectivity index (χ1v) is 5.61. The summed E-state index contributed by atoms with van der Waals surface area (Å²) >= 11 is 5.15. The van der Waals surface area contributed by atoms with E-state index in [1.165, 1.54) is 0 Å². The Morgan fingerprint density at radius 2 is 2.17 bits per heavy atom. The number of aromatic nitrogens is 3. The zero-order chi connectivity index (χ0) is 13.1. The number of benzene rings is 1. The van der Waals surface area contributed by atoms with Crippen molar-refractivity contribution < 1.29 is 14.6 Å². The topological polar surface area (TPSA) is 72.3 Å². The van der Waals surface area contributed by atoms with E-state index < -0.39 is 0 Å². The first kappa shape index (κ1) is 12.6. The molecule has 0 atom stereocenters. The fraction of sp³-hybridized carbons (Fsp3) is 0.273.